The number of hydrogen-bond acceptors (Lipinski definition) is 6. The number of likely N-dealkylation sites (N-methyl/N-ethyl adjacent to an activating group) is 1. The van der Waals surface area contributed by atoms with E-state index in [1.54, 1.807) is 19.1 Å². The van der Waals surface area contributed by atoms with Crippen LogP contribution in [0.1, 0.15) is 12.5 Å². The number of esters is 1. The Balaban J connectivity index is 2.33. The molecular weight excluding hydrogens is 354 g/mol. The van der Waals surface area contributed by atoms with Crippen molar-refractivity contribution < 1.29 is 17.9 Å². The van der Waals surface area contributed by atoms with E-state index in [1.807, 2.05) is 30.3 Å². The zero-order chi connectivity index (χ0) is 19.2. The van der Waals surface area contributed by atoms with Gasteiger partial charge in [0.25, 0.3) is 0 Å². The molecule has 0 amide bonds. The number of hydrogen-bond donors (Lipinski definition) is 2. The van der Waals surface area contributed by atoms with E-state index < -0.39 is 22.0 Å². The lowest BCUT2D eigenvalue weighted by atomic mass is 10.1. The van der Waals surface area contributed by atoms with E-state index in [1.165, 1.54) is 19.2 Å². The zero-order valence-electron chi connectivity index (χ0n) is 14.8. The van der Waals surface area contributed by atoms with Crippen molar-refractivity contribution in [2.45, 2.75) is 24.3 Å². The van der Waals surface area contributed by atoms with Crippen LogP contribution in [0, 0.1) is 0 Å². The van der Waals surface area contributed by atoms with Crippen molar-refractivity contribution in [3.05, 3.63) is 60.2 Å². The highest BCUT2D eigenvalue weighted by Crippen LogP contribution is 2.21. The van der Waals surface area contributed by atoms with Crippen molar-refractivity contribution in [2.75, 3.05) is 19.1 Å². The number of rotatable bonds is 8. The Hall–Kier alpha value is -2.42. The lowest BCUT2D eigenvalue weighted by Crippen LogP contribution is -2.44. The minimum atomic E-state index is -3.88. The van der Waals surface area contributed by atoms with Gasteiger partial charge in [-0.15, -0.1) is 0 Å². The molecule has 0 fully saturated rings. The van der Waals surface area contributed by atoms with Crippen LogP contribution < -0.4 is 11.3 Å². The standard InChI is InChI=1S/C18H23N3O4S/c1-3-25-18(22)17(13-14-7-5-4-6-8-14)21(2)26(23,24)16-11-9-15(20-19)10-12-16/h4-12,17,20H,3,13,19H2,1-2H3. The summed E-state index contributed by atoms with van der Waals surface area (Å²) in [5, 5.41) is 0. The van der Waals surface area contributed by atoms with Crippen LogP contribution in [0.15, 0.2) is 59.5 Å². The van der Waals surface area contributed by atoms with Crippen molar-refractivity contribution >= 4 is 21.7 Å². The SMILES string of the molecule is CCOC(=O)C(Cc1ccccc1)N(C)S(=O)(=O)c1ccc(NN)cc1. The molecule has 0 saturated carbocycles. The topological polar surface area (TPSA) is 102 Å². The van der Waals surface area contributed by atoms with Crippen LogP contribution in [0.3, 0.4) is 0 Å². The number of carbonyl (C=O) groups excluding carboxylic acids is 1. The highest BCUT2D eigenvalue weighted by molar-refractivity contribution is 7.89. The highest BCUT2D eigenvalue weighted by Gasteiger charge is 2.34. The predicted molar refractivity (Wildman–Crippen MR) is 99.8 cm³/mol. The van der Waals surface area contributed by atoms with Gasteiger partial charge in [0.1, 0.15) is 6.04 Å². The fourth-order valence-corrected chi connectivity index (χ4v) is 3.80. The molecule has 0 heterocycles. The molecule has 3 N–H and O–H groups in total. The number of nitrogens with zero attached hydrogens (tertiary/aromatic N) is 1. The lowest BCUT2D eigenvalue weighted by Gasteiger charge is -2.26. The zero-order valence-corrected chi connectivity index (χ0v) is 15.6. The molecule has 1 atom stereocenters. The minimum absolute atomic E-state index is 0.0707. The van der Waals surface area contributed by atoms with Crippen molar-refractivity contribution in [1.82, 2.24) is 4.31 Å². The van der Waals surface area contributed by atoms with E-state index in [4.69, 9.17) is 10.6 Å². The summed E-state index contributed by atoms with van der Waals surface area (Å²) in [5.41, 5.74) is 3.87. The Bertz CT molecular complexity index is 823. The van der Waals surface area contributed by atoms with E-state index in [-0.39, 0.29) is 17.9 Å². The molecule has 2 aromatic carbocycles. The molecule has 140 valence electrons. The second-order valence-electron chi connectivity index (χ2n) is 5.65. The molecule has 26 heavy (non-hydrogen) atoms. The molecule has 0 spiro atoms. The largest absolute Gasteiger partial charge is 0.465 e. The molecule has 0 aliphatic rings. The van der Waals surface area contributed by atoms with Gasteiger partial charge in [-0.1, -0.05) is 30.3 Å². The summed E-state index contributed by atoms with van der Waals surface area (Å²) in [6.45, 7) is 1.86. The van der Waals surface area contributed by atoms with E-state index in [0.29, 0.717) is 5.69 Å². The molecule has 0 radical (unpaired) electrons. The second-order valence-corrected chi connectivity index (χ2v) is 7.65. The van der Waals surface area contributed by atoms with Crippen LogP contribution in [-0.4, -0.2) is 38.4 Å². The summed E-state index contributed by atoms with van der Waals surface area (Å²) < 4.78 is 32.0. The van der Waals surface area contributed by atoms with Gasteiger partial charge in [-0.2, -0.15) is 4.31 Å². The summed E-state index contributed by atoms with van der Waals surface area (Å²) in [4.78, 5) is 12.5. The quantitative estimate of drug-likeness (QED) is 0.413. The monoisotopic (exact) mass is 377 g/mol. The van der Waals surface area contributed by atoms with Crippen molar-refractivity contribution in [3.8, 4) is 0 Å². The van der Waals surface area contributed by atoms with Gasteiger partial charge < -0.3 is 10.2 Å². The number of nitrogens with one attached hydrogen (secondary N) is 1. The molecule has 0 bridgehead atoms. The average Bonchev–Trinajstić information content (AvgIpc) is 2.66. The molecule has 2 aromatic rings. The first-order chi connectivity index (χ1) is 12.4. The van der Waals surface area contributed by atoms with Crippen LogP contribution in [0.4, 0.5) is 5.69 Å². The molecule has 8 heteroatoms. The second kappa shape index (κ2) is 8.79. The van der Waals surface area contributed by atoms with Gasteiger partial charge in [0, 0.05) is 12.7 Å². The molecule has 2 rings (SSSR count). The van der Waals surface area contributed by atoms with Crippen LogP contribution in [0.5, 0.6) is 0 Å². The summed E-state index contributed by atoms with van der Waals surface area (Å²) in [5.74, 6) is 4.72. The molecule has 0 aliphatic heterocycles. The average molecular weight is 377 g/mol. The number of hydrazine groups is 1. The summed E-state index contributed by atoms with van der Waals surface area (Å²) >= 11 is 0. The van der Waals surface area contributed by atoms with Gasteiger partial charge in [0.05, 0.1) is 11.5 Å². The third-order valence-corrected chi connectivity index (χ3v) is 5.85. The van der Waals surface area contributed by atoms with Gasteiger partial charge in [-0.25, -0.2) is 8.42 Å². The Morgan fingerprint density at radius 3 is 2.31 bits per heavy atom. The summed E-state index contributed by atoms with van der Waals surface area (Å²) in [7, 11) is -2.50. The summed E-state index contributed by atoms with van der Waals surface area (Å²) in [6, 6.07) is 14.2. The Labute approximate surface area is 153 Å². The molecule has 0 aliphatic carbocycles. The van der Waals surface area contributed by atoms with E-state index >= 15 is 0 Å². The first-order valence-electron chi connectivity index (χ1n) is 8.15. The molecule has 1 unspecified atom stereocenters. The van der Waals surface area contributed by atoms with Crippen LogP contribution in [0.25, 0.3) is 0 Å². The third-order valence-electron chi connectivity index (χ3n) is 3.97. The van der Waals surface area contributed by atoms with E-state index in [9.17, 15) is 13.2 Å². The van der Waals surface area contributed by atoms with Crippen LogP contribution in [0.2, 0.25) is 0 Å². The van der Waals surface area contributed by atoms with Gasteiger partial charge in [0.2, 0.25) is 10.0 Å². The molecule has 0 aromatic heterocycles. The molecule has 7 nitrogen and oxygen atoms in total. The van der Waals surface area contributed by atoms with Crippen LogP contribution in [-0.2, 0) is 26.0 Å². The molecular formula is C18H23N3O4S. The number of sulfonamides is 1. The maximum atomic E-state index is 12.9. The minimum Gasteiger partial charge on any atom is -0.465 e. The third kappa shape index (κ3) is 4.60. The van der Waals surface area contributed by atoms with E-state index in [2.05, 4.69) is 5.43 Å². The van der Waals surface area contributed by atoms with Gasteiger partial charge in [-0.05, 0) is 43.2 Å². The fraction of sp³-hybridized carbons (Fsp3) is 0.278. The van der Waals surface area contributed by atoms with Crippen molar-refractivity contribution in [3.63, 3.8) is 0 Å². The lowest BCUT2D eigenvalue weighted by molar-refractivity contribution is -0.147. The van der Waals surface area contributed by atoms with Crippen molar-refractivity contribution in [2.24, 2.45) is 5.84 Å². The summed E-state index contributed by atoms with van der Waals surface area (Å²) in [6.07, 6.45) is 0.220. The van der Waals surface area contributed by atoms with Gasteiger partial charge in [-0.3, -0.25) is 10.6 Å². The number of carbonyl (C=O) groups is 1. The number of ether oxygens (including phenoxy) is 1. The van der Waals surface area contributed by atoms with Gasteiger partial charge >= 0.3 is 5.97 Å². The normalized spacial score (nSPS) is 12.6. The predicted octanol–water partition coefficient (Wildman–Crippen LogP) is 1.77. The number of nitrogen functional groups attached to an aromatic ring is 1. The first-order valence-corrected chi connectivity index (χ1v) is 9.59. The number of anilines is 1. The maximum Gasteiger partial charge on any atom is 0.324 e. The van der Waals surface area contributed by atoms with Crippen LogP contribution >= 0.6 is 0 Å². The van der Waals surface area contributed by atoms with Gasteiger partial charge in [0.15, 0.2) is 0 Å². The molecule has 0 saturated heterocycles. The Kier molecular flexibility index (Phi) is 6.73. The Morgan fingerprint density at radius 1 is 1.15 bits per heavy atom. The first kappa shape index (κ1) is 19.9. The number of benzene rings is 2. The van der Waals surface area contributed by atoms with E-state index in [0.717, 1.165) is 9.87 Å². The fourth-order valence-electron chi connectivity index (χ4n) is 2.49. The Morgan fingerprint density at radius 2 is 1.77 bits per heavy atom. The maximum absolute atomic E-state index is 12.9. The highest BCUT2D eigenvalue weighted by atomic mass is 32.2. The smallest absolute Gasteiger partial charge is 0.324 e. The number of nitrogens with two attached hydrogens (primary N) is 1. The van der Waals surface area contributed by atoms with Crippen molar-refractivity contribution in [1.29, 1.82) is 0 Å².